The fraction of sp³-hybridized carbons (Fsp3) is 0.500. The minimum Gasteiger partial charge on any atom is -0.497 e. The number of carbonyl (C=O) groups excluding carboxylic acids is 2. The molecule has 5 nitrogen and oxygen atoms in total. The van der Waals surface area contributed by atoms with Crippen molar-refractivity contribution in [3.63, 3.8) is 0 Å². The van der Waals surface area contributed by atoms with Crippen LogP contribution in [-0.2, 0) is 9.59 Å². The number of hydrogen-bond donors (Lipinski definition) is 0. The fourth-order valence-electron chi connectivity index (χ4n) is 3.16. The van der Waals surface area contributed by atoms with Gasteiger partial charge in [0, 0.05) is 25.7 Å². The summed E-state index contributed by atoms with van der Waals surface area (Å²) in [5, 5.41) is 0. The van der Waals surface area contributed by atoms with Crippen molar-refractivity contribution in [1.29, 1.82) is 0 Å². The average Bonchev–Trinajstić information content (AvgIpc) is 2.65. The first-order valence-electron chi connectivity index (χ1n) is 8.91. The molecule has 0 N–H and O–H groups in total. The van der Waals surface area contributed by atoms with E-state index in [9.17, 15) is 9.59 Å². The van der Waals surface area contributed by atoms with Crippen LogP contribution in [0.25, 0.3) is 6.08 Å². The van der Waals surface area contributed by atoms with E-state index in [1.165, 1.54) is 17.4 Å². The molecule has 1 aromatic carbocycles. The molecular weight excluding hydrogens is 316 g/mol. The smallest absolute Gasteiger partial charge is 0.246 e. The second-order valence-electron chi connectivity index (χ2n) is 6.45. The van der Waals surface area contributed by atoms with Crippen molar-refractivity contribution in [3.8, 4) is 5.75 Å². The van der Waals surface area contributed by atoms with Crippen LogP contribution >= 0.6 is 0 Å². The third-order valence-electron chi connectivity index (χ3n) is 4.68. The molecule has 25 heavy (non-hydrogen) atoms. The van der Waals surface area contributed by atoms with Gasteiger partial charge in [-0.05, 0) is 49.5 Å². The molecule has 5 heteroatoms. The number of carbonyl (C=O) groups is 2. The third-order valence-corrected chi connectivity index (χ3v) is 4.68. The second-order valence-corrected chi connectivity index (χ2v) is 6.45. The van der Waals surface area contributed by atoms with E-state index in [0.717, 1.165) is 37.1 Å². The number of rotatable bonds is 6. The highest BCUT2D eigenvalue weighted by molar-refractivity contribution is 5.94. The average molecular weight is 344 g/mol. The Balaban J connectivity index is 1.92. The summed E-state index contributed by atoms with van der Waals surface area (Å²) in [6, 6.07) is 7.80. The molecular formula is C20H28N2O3. The summed E-state index contributed by atoms with van der Waals surface area (Å²) in [6.07, 6.45) is 7.50. The number of likely N-dealkylation sites (N-methyl/N-ethyl adjacent to an activating group) is 1. The lowest BCUT2D eigenvalue weighted by Crippen LogP contribution is -2.47. The number of piperidine rings is 1. The van der Waals surface area contributed by atoms with E-state index >= 15 is 0 Å². The molecule has 2 rings (SSSR count). The predicted molar refractivity (Wildman–Crippen MR) is 99.3 cm³/mol. The minimum atomic E-state index is -0.179. The van der Waals surface area contributed by atoms with Gasteiger partial charge in [0.25, 0.3) is 0 Å². The van der Waals surface area contributed by atoms with Gasteiger partial charge in [-0.15, -0.1) is 0 Å². The van der Waals surface area contributed by atoms with Crippen LogP contribution in [0.4, 0.5) is 0 Å². The molecule has 1 aliphatic rings. The molecule has 1 atom stereocenters. The summed E-state index contributed by atoms with van der Waals surface area (Å²) in [4.78, 5) is 28.2. The molecule has 1 heterocycles. The lowest BCUT2D eigenvalue weighted by atomic mass is 10.00. The zero-order chi connectivity index (χ0) is 18.2. The van der Waals surface area contributed by atoms with Crippen molar-refractivity contribution >= 4 is 17.9 Å². The highest BCUT2D eigenvalue weighted by Crippen LogP contribution is 2.19. The Morgan fingerprint density at radius 3 is 2.88 bits per heavy atom. The summed E-state index contributed by atoms with van der Waals surface area (Å²) < 4.78 is 5.17. The van der Waals surface area contributed by atoms with Crippen LogP contribution in [0.3, 0.4) is 0 Å². The number of hydrogen-bond acceptors (Lipinski definition) is 3. The third kappa shape index (κ3) is 5.34. The van der Waals surface area contributed by atoms with Gasteiger partial charge in [0.05, 0.1) is 13.7 Å². The molecule has 1 unspecified atom stereocenters. The van der Waals surface area contributed by atoms with Crippen LogP contribution in [0.1, 0.15) is 38.2 Å². The van der Waals surface area contributed by atoms with Gasteiger partial charge in [-0.2, -0.15) is 0 Å². The number of benzene rings is 1. The zero-order valence-electron chi connectivity index (χ0n) is 15.4. The Labute approximate surface area is 150 Å². The maximum atomic E-state index is 12.5. The van der Waals surface area contributed by atoms with Gasteiger partial charge in [-0.25, -0.2) is 0 Å². The van der Waals surface area contributed by atoms with Crippen LogP contribution in [0.15, 0.2) is 30.3 Å². The van der Waals surface area contributed by atoms with Gasteiger partial charge >= 0.3 is 0 Å². The first-order valence-corrected chi connectivity index (χ1v) is 8.91. The standard InChI is InChI=1S/C20H28N2O3/c1-4-17-9-5-6-13-22(17)20(24)15-21(2)19(23)12-11-16-8-7-10-18(14-16)25-3/h7-8,10-12,14,17H,4-6,9,13,15H2,1-3H3/b12-11+. The lowest BCUT2D eigenvalue weighted by molar-refractivity contribution is -0.140. The van der Waals surface area contributed by atoms with Crippen molar-refractivity contribution in [2.24, 2.45) is 0 Å². The number of likely N-dealkylation sites (tertiary alicyclic amines) is 1. The van der Waals surface area contributed by atoms with Gasteiger partial charge < -0.3 is 14.5 Å². The van der Waals surface area contributed by atoms with Crippen molar-refractivity contribution in [2.75, 3.05) is 27.2 Å². The second kappa shape index (κ2) is 9.25. The number of amides is 2. The van der Waals surface area contributed by atoms with E-state index in [-0.39, 0.29) is 18.4 Å². The van der Waals surface area contributed by atoms with Crippen LogP contribution in [0.2, 0.25) is 0 Å². The predicted octanol–water partition coefficient (Wildman–Crippen LogP) is 2.96. The van der Waals surface area contributed by atoms with Crippen LogP contribution in [-0.4, -0.2) is 54.9 Å². The molecule has 1 aliphatic heterocycles. The number of ether oxygens (including phenoxy) is 1. The molecule has 1 saturated heterocycles. The van der Waals surface area contributed by atoms with Crippen molar-refractivity contribution in [1.82, 2.24) is 9.80 Å². The monoisotopic (exact) mass is 344 g/mol. The lowest BCUT2D eigenvalue weighted by Gasteiger charge is -2.36. The molecule has 0 saturated carbocycles. The largest absolute Gasteiger partial charge is 0.497 e. The Bertz CT molecular complexity index is 627. The van der Waals surface area contributed by atoms with Gasteiger partial charge in [0.1, 0.15) is 5.75 Å². The van der Waals surface area contributed by atoms with E-state index in [0.29, 0.717) is 6.04 Å². The number of nitrogens with zero attached hydrogens (tertiary/aromatic N) is 2. The minimum absolute atomic E-state index is 0.0391. The van der Waals surface area contributed by atoms with Crippen LogP contribution in [0.5, 0.6) is 5.75 Å². The zero-order valence-corrected chi connectivity index (χ0v) is 15.4. The Hall–Kier alpha value is -2.30. The first-order chi connectivity index (χ1) is 12.0. The molecule has 0 aliphatic carbocycles. The molecule has 0 radical (unpaired) electrons. The van der Waals surface area contributed by atoms with Crippen molar-refractivity contribution in [3.05, 3.63) is 35.9 Å². The van der Waals surface area contributed by atoms with Gasteiger partial charge in [-0.3, -0.25) is 9.59 Å². The van der Waals surface area contributed by atoms with E-state index in [4.69, 9.17) is 4.74 Å². The normalized spacial score (nSPS) is 17.6. The van der Waals surface area contributed by atoms with E-state index in [1.54, 1.807) is 20.2 Å². The van der Waals surface area contributed by atoms with E-state index < -0.39 is 0 Å². The summed E-state index contributed by atoms with van der Waals surface area (Å²) in [6.45, 7) is 3.04. The quantitative estimate of drug-likeness (QED) is 0.746. The molecule has 0 aromatic heterocycles. The van der Waals surface area contributed by atoms with Gasteiger partial charge in [0.2, 0.25) is 11.8 Å². The molecule has 0 bridgehead atoms. The summed E-state index contributed by atoms with van der Waals surface area (Å²) in [7, 11) is 3.28. The fourth-order valence-corrected chi connectivity index (χ4v) is 3.16. The number of methoxy groups -OCH3 is 1. The molecule has 0 spiro atoms. The maximum absolute atomic E-state index is 12.5. The Morgan fingerprint density at radius 2 is 2.16 bits per heavy atom. The Kier molecular flexibility index (Phi) is 7.04. The summed E-state index contributed by atoms with van der Waals surface area (Å²) in [5.41, 5.74) is 0.884. The first kappa shape index (κ1) is 19.0. The van der Waals surface area contributed by atoms with Crippen LogP contribution < -0.4 is 4.74 Å². The molecule has 1 aromatic rings. The molecule has 1 fully saturated rings. The maximum Gasteiger partial charge on any atom is 0.246 e. The topological polar surface area (TPSA) is 49.9 Å². The van der Waals surface area contributed by atoms with Crippen molar-refractivity contribution < 1.29 is 14.3 Å². The summed E-state index contributed by atoms with van der Waals surface area (Å²) in [5.74, 6) is 0.604. The summed E-state index contributed by atoms with van der Waals surface area (Å²) >= 11 is 0. The highest BCUT2D eigenvalue weighted by atomic mass is 16.5. The van der Waals surface area contributed by atoms with Gasteiger partial charge in [-0.1, -0.05) is 19.1 Å². The van der Waals surface area contributed by atoms with Crippen molar-refractivity contribution in [2.45, 2.75) is 38.6 Å². The highest BCUT2D eigenvalue weighted by Gasteiger charge is 2.26. The van der Waals surface area contributed by atoms with Gasteiger partial charge in [0.15, 0.2) is 0 Å². The Morgan fingerprint density at radius 1 is 1.36 bits per heavy atom. The molecule has 2 amide bonds. The van der Waals surface area contributed by atoms with Crippen LogP contribution in [0, 0.1) is 0 Å². The SMILES string of the molecule is CCC1CCCCN1C(=O)CN(C)C(=O)/C=C/c1cccc(OC)c1. The molecule has 136 valence electrons. The van der Waals surface area contributed by atoms with E-state index in [1.807, 2.05) is 29.2 Å². The van der Waals surface area contributed by atoms with E-state index in [2.05, 4.69) is 6.92 Å².